The molecule has 2 heterocycles. The first kappa shape index (κ1) is 19.1. The van der Waals surface area contributed by atoms with Crippen molar-refractivity contribution in [3.8, 4) is 0 Å². The molecule has 3 rings (SSSR count). The van der Waals surface area contributed by atoms with Crippen molar-refractivity contribution in [1.29, 1.82) is 0 Å². The summed E-state index contributed by atoms with van der Waals surface area (Å²) in [5.41, 5.74) is 0.810. The summed E-state index contributed by atoms with van der Waals surface area (Å²) in [4.78, 5) is 14.4. The van der Waals surface area contributed by atoms with E-state index in [1.165, 1.54) is 4.31 Å². The van der Waals surface area contributed by atoms with Gasteiger partial charge in [0.25, 0.3) is 0 Å². The van der Waals surface area contributed by atoms with Crippen LogP contribution in [0.3, 0.4) is 0 Å². The third-order valence-electron chi connectivity index (χ3n) is 5.00. The Kier molecular flexibility index (Phi) is 6.11. The molecule has 2 fully saturated rings. The lowest BCUT2D eigenvalue weighted by Crippen LogP contribution is -2.40. The monoisotopic (exact) mass is 378 g/mol. The summed E-state index contributed by atoms with van der Waals surface area (Å²) >= 11 is 0. The zero-order valence-electron chi connectivity index (χ0n) is 15.1. The highest BCUT2D eigenvalue weighted by Crippen LogP contribution is 2.19. The van der Waals surface area contributed by atoms with Crippen molar-refractivity contribution in [2.75, 3.05) is 39.4 Å². The fourth-order valence-electron chi connectivity index (χ4n) is 3.19. The number of hydrogen-bond donors (Lipinski definition) is 0. The van der Waals surface area contributed by atoms with E-state index in [-0.39, 0.29) is 10.8 Å². The van der Waals surface area contributed by atoms with Gasteiger partial charge in [-0.25, -0.2) is 8.42 Å². The number of morpholine rings is 1. The molecule has 1 amide bonds. The first-order valence-electron chi connectivity index (χ1n) is 9.12. The Morgan fingerprint density at radius 1 is 1.08 bits per heavy atom. The van der Waals surface area contributed by atoms with Crippen LogP contribution in [0.2, 0.25) is 0 Å². The Hall–Kier alpha value is -1.70. The van der Waals surface area contributed by atoms with Crippen molar-refractivity contribution in [3.63, 3.8) is 0 Å². The van der Waals surface area contributed by atoms with Crippen LogP contribution in [0.4, 0.5) is 0 Å². The number of ether oxygens (including phenoxy) is 1. The minimum atomic E-state index is -3.48. The second kappa shape index (κ2) is 8.33. The van der Waals surface area contributed by atoms with Gasteiger partial charge in [0.2, 0.25) is 15.9 Å². The van der Waals surface area contributed by atoms with Crippen molar-refractivity contribution in [2.45, 2.75) is 24.7 Å². The van der Waals surface area contributed by atoms with Gasteiger partial charge in [0.15, 0.2) is 0 Å². The maximum absolute atomic E-state index is 12.6. The highest BCUT2D eigenvalue weighted by Gasteiger charge is 2.26. The van der Waals surface area contributed by atoms with Gasteiger partial charge in [-0.05, 0) is 42.5 Å². The van der Waals surface area contributed by atoms with Crippen molar-refractivity contribution in [3.05, 3.63) is 35.9 Å². The Labute approximate surface area is 155 Å². The zero-order chi connectivity index (χ0) is 18.6. The van der Waals surface area contributed by atoms with Gasteiger partial charge in [-0.15, -0.1) is 0 Å². The minimum absolute atomic E-state index is 0.0157. The SMILES string of the molecule is CC1CCN(C(=O)/C=C/c2ccc(S(=O)(=O)N3CCOCC3)cc2)CC1. The van der Waals surface area contributed by atoms with E-state index in [9.17, 15) is 13.2 Å². The third-order valence-corrected chi connectivity index (χ3v) is 6.91. The van der Waals surface area contributed by atoms with Crippen LogP contribution < -0.4 is 0 Å². The van der Waals surface area contributed by atoms with Crippen LogP contribution >= 0.6 is 0 Å². The maximum atomic E-state index is 12.6. The second-order valence-corrected chi connectivity index (χ2v) is 8.86. The van der Waals surface area contributed by atoms with E-state index in [2.05, 4.69) is 6.92 Å². The minimum Gasteiger partial charge on any atom is -0.379 e. The predicted molar refractivity (Wildman–Crippen MR) is 100 cm³/mol. The predicted octanol–water partition coefficient (Wildman–Crippen LogP) is 1.98. The number of carbonyl (C=O) groups is 1. The quantitative estimate of drug-likeness (QED) is 0.752. The molecule has 0 N–H and O–H groups in total. The lowest BCUT2D eigenvalue weighted by atomic mass is 9.99. The molecule has 2 aliphatic heterocycles. The van der Waals surface area contributed by atoms with Gasteiger partial charge in [-0.2, -0.15) is 4.31 Å². The van der Waals surface area contributed by atoms with E-state index in [1.807, 2.05) is 4.90 Å². The zero-order valence-corrected chi connectivity index (χ0v) is 16.0. The number of amides is 1. The molecule has 1 aromatic rings. The number of rotatable bonds is 4. The average Bonchev–Trinajstić information content (AvgIpc) is 2.67. The largest absolute Gasteiger partial charge is 0.379 e. The number of sulfonamides is 1. The standard InChI is InChI=1S/C19H26N2O4S/c1-16-8-10-20(11-9-16)19(22)7-4-17-2-5-18(6-3-17)26(23,24)21-12-14-25-15-13-21/h2-7,16H,8-15H2,1H3/b7-4+. The molecule has 0 unspecified atom stereocenters. The van der Waals surface area contributed by atoms with E-state index in [0.29, 0.717) is 32.2 Å². The molecular weight excluding hydrogens is 352 g/mol. The van der Waals surface area contributed by atoms with Gasteiger partial charge in [0, 0.05) is 32.3 Å². The molecule has 2 aliphatic rings. The van der Waals surface area contributed by atoms with Crippen LogP contribution in [-0.2, 0) is 19.6 Å². The van der Waals surface area contributed by atoms with Crippen LogP contribution in [-0.4, -0.2) is 62.9 Å². The smallest absolute Gasteiger partial charge is 0.246 e. The van der Waals surface area contributed by atoms with Crippen LogP contribution in [0.15, 0.2) is 35.2 Å². The molecule has 6 nitrogen and oxygen atoms in total. The van der Waals surface area contributed by atoms with Crippen molar-refractivity contribution in [2.24, 2.45) is 5.92 Å². The van der Waals surface area contributed by atoms with Gasteiger partial charge in [-0.3, -0.25) is 4.79 Å². The highest BCUT2D eigenvalue weighted by atomic mass is 32.2. The summed E-state index contributed by atoms with van der Waals surface area (Å²) < 4.78 is 31.8. The van der Waals surface area contributed by atoms with E-state index in [1.54, 1.807) is 36.4 Å². The lowest BCUT2D eigenvalue weighted by molar-refractivity contribution is -0.127. The number of carbonyl (C=O) groups excluding carboxylic acids is 1. The van der Waals surface area contributed by atoms with E-state index >= 15 is 0 Å². The summed E-state index contributed by atoms with van der Waals surface area (Å²) in [5, 5.41) is 0. The van der Waals surface area contributed by atoms with E-state index in [4.69, 9.17) is 4.74 Å². The summed E-state index contributed by atoms with van der Waals surface area (Å²) in [7, 11) is -3.48. The molecule has 2 saturated heterocycles. The fourth-order valence-corrected chi connectivity index (χ4v) is 4.60. The normalized spacial score (nSPS) is 20.6. The molecule has 7 heteroatoms. The summed E-state index contributed by atoms with van der Waals surface area (Å²) in [6.45, 7) is 5.45. The fraction of sp³-hybridized carbons (Fsp3) is 0.526. The Morgan fingerprint density at radius 3 is 2.31 bits per heavy atom. The summed E-state index contributed by atoms with van der Waals surface area (Å²) in [5.74, 6) is 0.700. The van der Waals surface area contributed by atoms with Gasteiger partial charge < -0.3 is 9.64 Å². The van der Waals surface area contributed by atoms with Gasteiger partial charge in [0.1, 0.15) is 0 Å². The molecule has 0 aromatic heterocycles. The average molecular weight is 378 g/mol. The molecule has 0 radical (unpaired) electrons. The van der Waals surface area contributed by atoms with Crippen LogP contribution in [0.5, 0.6) is 0 Å². The number of piperidine rings is 1. The van der Waals surface area contributed by atoms with E-state index in [0.717, 1.165) is 31.5 Å². The number of benzene rings is 1. The molecule has 0 spiro atoms. The molecule has 0 atom stereocenters. The second-order valence-electron chi connectivity index (χ2n) is 6.93. The van der Waals surface area contributed by atoms with Gasteiger partial charge in [0.05, 0.1) is 18.1 Å². The molecule has 0 aliphatic carbocycles. The lowest BCUT2D eigenvalue weighted by Gasteiger charge is -2.29. The molecule has 0 saturated carbocycles. The van der Waals surface area contributed by atoms with Crippen molar-refractivity contribution >= 4 is 22.0 Å². The molecule has 1 aromatic carbocycles. The van der Waals surface area contributed by atoms with Crippen LogP contribution in [0, 0.1) is 5.92 Å². The van der Waals surface area contributed by atoms with Crippen LogP contribution in [0.1, 0.15) is 25.3 Å². The first-order valence-corrected chi connectivity index (χ1v) is 10.6. The Bertz CT molecular complexity index is 744. The highest BCUT2D eigenvalue weighted by molar-refractivity contribution is 7.89. The van der Waals surface area contributed by atoms with E-state index < -0.39 is 10.0 Å². The molecular formula is C19H26N2O4S. The summed E-state index contributed by atoms with van der Waals surface area (Å²) in [6, 6.07) is 6.65. The number of hydrogen-bond acceptors (Lipinski definition) is 4. The van der Waals surface area contributed by atoms with Crippen LogP contribution in [0.25, 0.3) is 6.08 Å². The molecule has 0 bridgehead atoms. The maximum Gasteiger partial charge on any atom is 0.246 e. The number of nitrogens with zero attached hydrogens (tertiary/aromatic N) is 2. The molecule has 142 valence electrons. The van der Waals surface area contributed by atoms with Crippen molar-refractivity contribution < 1.29 is 17.9 Å². The Morgan fingerprint density at radius 2 is 1.69 bits per heavy atom. The molecule has 26 heavy (non-hydrogen) atoms. The first-order chi connectivity index (χ1) is 12.5. The number of likely N-dealkylation sites (tertiary alicyclic amines) is 1. The van der Waals surface area contributed by atoms with Gasteiger partial charge in [-0.1, -0.05) is 19.1 Å². The topological polar surface area (TPSA) is 66.9 Å². The van der Waals surface area contributed by atoms with Gasteiger partial charge >= 0.3 is 0 Å². The third kappa shape index (κ3) is 4.52. The Balaban J connectivity index is 1.63. The summed E-state index contributed by atoms with van der Waals surface area (Å²) in [6.07, 6.45) is 5.41. The van der Waals surface area contributed by atoms with Crippen molar-refractivity contribution in [1.82, 2.24) is 9.21 Å².